The Morgan fingerprint density at radius 2 is 2.05 bits per heavy atom. The summed E-state index contributed by atoms with van der Waals surface area (Å²) >= 11 is 0. The summed E-state index contributed by atoms with van der Waals surface area (Å²) in [5, 5.41) is 2.94. The molecule has 0 saturated heterocycles. The maximum Gasteiger partial charge on any atom is 0.0187 e. The molecule has 0 spiro atoms. The first kappa shape index (κ1) is 17.3. The zero-order valence-corrected chi connectivity index (χ0v) is 12.7. The second-order valence-corrected chi connectivity index (χ2v) is 4.75. The van der Waals surface area contributed by atoms with Crippen LogP contribution >= 0.6 is 0 Å². The molecule has 0 rings (SSSR count). The van der Waals surface area contributed by atoms with Crippen molar-refractivity contribution in [3.05, 3.63) is 47.7 Å². The number of hydrogen-bond donors (Lipinski definition) is 1. The standard InChI is InChI=1S/C18H27N/c1-6-11-17(13-9-12-16(4)5)14-10-15-18(7-2)19-8-3/h3,6,9,11-13,15,17,19H,7,10,14H2,1-2,4-5H3/b11-6-,13-9?,18-15-. The lowest BCUT2D eigenvalue weighted by atomic mass is 10.0. The van der Waals surface area contributed by atoms with Crippen LogP contribution in [0, 0.1) is 18.4 Å². The van der Waals surface area contributed by atoms with Crippen LogP contribution in [-0.4, -0.2) is 0 Å². The zero-order chi connectivity index (χ0) is 14.5. The van der Waals surface area contributed by atoms with Gasteiger partial charge in [-0.1, -0.05) is 55.4 Å². The van der Waals surface area contributed by atoms with Crippen LogP contribution in [-0.2, 0) is 0 Å². The van der Waals surface area contributed by atoms with Gasteiger partial charge in [-0.05, 0) is 46.0 Å². The van der Waals surface area contributed by atoms with Crippen LogP contribution in [0.25, 0.3) is 0 Å². The van der Waals surface area contributed by atoms with E-state index in [2.05, 4.69) is 75.5 Å². The van der Waals surface area contributed by atoms with E-state index < -0.39 is 0 Å². The van der Waals surface area contributed by atoms with Gasteiger partial charge < -0.3 is 5.32 Å². The van der Waals surface area contributed by atoms with Gasteiger partial charge in [0.2, 0.25) is 0 Å². The number of terminal acetylenes is 1. The van der Waals surface area contributed by atoms with Crippen LogP contribution in [0.4, 0.5) is 0 Å². The SMILES string of the molecule is C#CN/C(=C\CCC(C=CC=C(C)C)/C=C\C)CC. The van der Waals surface area contributed by atoms with Gasteiger partial charge in [-0.15, -0.1) is 0 Å². The third kappa shape index (κ3) is 9.97. The van der Waals surface area contributed by atoms with E-state index in [1.54, 1.807) is 0 Å². The summed E-state index contributed by atoms with van der Waals surface area (Å²) in [5.41, 5.74) is 2.46. The Morgan fingerprint density at radius 3 is 2.58 bits per heavy atom. The van der Waals surface area contributed by atoms with E-state index in [9.17, 15) is 0 Å². The Kier molecular flexibility index (Phi) is 10.4. The Labute approximate surface area is 119 Å². The summed E-state index contributed by atoms with van der Waals surface area (Å²) in [6.45, 7) is 8.39. The van der Waals surface area contributed by atoms with Gasteiger partial charge in [0, 0.05) is 11.7 Å². The molecule has 1 N–H and O–H groups in total. The lowest BCUT2D eigenvalue weighted by Gasteiger charge is -2.07. The van der Waals surface area contributed by atoms with Gasteiger partial charge in [0.05, 0.1) is 0 Å². The molecule has 0 aromatic rings. The minimum atomic E-state index is 0.487. The van der Waals surface area contributed by atoms with Crippen LogP contribution in [0.15, 0.2) is 47.7 Å². The van der Waals surface area contributed by atoms with Crippen molar-refractivity contribution in [1.29, 1.82) is 0 Å². The molecule has 1 unspecified atom stereocenters. The predicted octanol–water partition coefficient (Wildman–Crippen LogP) is 4.96. The molecule has 0 heterocycles. The third-order valence-electron chi connectivity index (χ3n) is 2.73. The molecule has 0 aliphatic rings. The van der Waals surface area contributed by atoms with Gasteiger partial charge in [-0.3, -0.25) is 0 Å². The quantitative estimate of drug-likeness (QED) is 0.280. The Balaban J connectivity index is 4.41. The molecule has 1 atom stereocenters. The van der Waals surface area contributed by atoms with Crippen molar-refractivity contribution in [2.24, 2.45) is 5.92 Å². The molecule has 1 nitrogen and oxygen atoms in total. The van der Waals surface area contributed by atoms with Crippen LogP contribution in [0.3, 0.4) is 0 Å². The van der Waals surface area contributed by atoms with Crippen molar-refractivity contribution in [3.63, 3.8) is 0 Å². The largest absolute Gasteiger partial charge is 0.319 e. The fraction of sp³-hybridized carbons (Fsp3) is 0.444. The summed E-state index contributed by atoms with van der Waals surface area (Å²) in [7, 11) is 0. The van der Waals surface area contributed by atoms with E-state index in [1.807, 2.05) is 0 Å². The number of allylic oxidation sites excluding steroid dienone is 8. The van der Waals surface area contributed by atoms with E-state index in [0.29, 0.717) is 5.92 Å². The van der Waals surface area contributed by atoms with E-state index in [1.165, 1.54) is 5.57 Å². The number of rotatable bonds is 8. The molecule has 0 amide bonds. The molecule has 0 fully saturated rings. The number of hydrogen-bond acceptors (Lipinski definition) is 1. The van der Waals surface area contributed by atoms with Crippen molar-refractivity contribution >= 4 is 0 Å². The Hall–Kier alpha value is -1.68. The van der Waals surface area contributed by atoms with Crippen LogP contribution < -0.4 is 5.32 Å². The second-order valence-electron chi connectivity index (χ2n) is 4.75. The highest BCUT2D eigenvalue weighted by Crippen LogP contribution is 2.12. The second kappa shape index (κ2) is 11.4. The maximum atomic E-state index is 5.25. The predicted molar refractivity (Wildman–Crippen MR) is 86.5 cm³/mol. The summed E-state index contributed by atoms with van der Waals surface area (Å²) < 4.78 is 0. The molecule has 1 heteroatoms. The molecule has 104 valence electrons. The van der Waals surface area contributed by atoms with E-state index in [-0.39, 0.29) is 0 Å². The monoisotopic (exact) mass is 257 g/mol. The average Bonchev–Trinajstić information content (AvgIpc) is 2.37. The first-order valence-corrected chi connectivity index (χ1v) is 6.99. The molecule has 0 aliphatic heterocycles. The van der Waals surface area contributed by atoms with Gasteiger partial charge in [-0.2, -0.15) is 0 Å². The fourth-order valence-electron chi connectivity index (χ4n) is 1.72. The molecule has 19 heavy (non-hydrogen) atoms. The van der Waals surface area contributed by atoms with Crippen LogP contribution in [0.1, 0.15) is 47.0 Å². The first-order chi connectivity index (χ1) is 9.13. The highest BCUT2D eigenvalue weighted by atomic mass is 14.8. The highest BCUT2D eigenvalue weighted by molar-refractivity contribution is 5.12. The topological polar surface area (TPSA) is 12.0 Å². The minimum absolute atomic E-state index is 0.487. The molecule has 0 saturated carbocycles. The van der Waals surface area contributed by atoms with Crippen molar-refractivity contribution in [2.45, 2.75) is 47.0 Å². The van der Waals surface area contributed by atoms with Crippen molar-refractivity contribution in [3.8, 4) is 12.5 Å². The summed E-state index contributed by atoms with van der Waals surface area (Å²) in [6.07, 6.45) is 21.4. The first-order valence-electron chi connectivity index (χ1n) is 6.99. The molecule has 0 aromatic carbocycles. The van der Waals surface area contributed by atoms with Crippen molar-refractivity contribution < 1.29 is 0 Å². The normalized spacial score (nSPS) is 13.5. The summed E-state index contributed by atoms with van der Waals surface area (Å²) in [5.74, 6) is 0.487. The Bertz CT molecular complexity index is 384. The van der Waals surface area contributed by atoms with E-state index in [0.717, 1.165) is 25.0 Å². The minimum Gasteiger partial charge on any atom is -0.319 e. The van der Waals surface area contributed by atoms with Gasteiger partial charge in [0.15, 0.2) is 0 Å². The molecule has 0 bridgehead atoms. The lowest BCUT2D eigenvalue weighted by molar-refractivity contribution is 0.714. The van der Waals surface area contributed by atoms with Gasteiger partial charge >= 0.3 is 0 Å². The Morgan fingerprint density at radius 1 is 1.32 bits per heavy atom. The van der Waals surface area contributed by atoms with Crippen molar-refractivity contribution in [1.82, 2.24) is 5.32 Å². The van der Waals surface area contributed by atoms with Gasteiger partial charge in [0.25, 0.3) is 0 Å². The van der Waals surface area contributed by atoms with Crippen LogP contribution in [0.5, 0.6) is 0 Å². The lowest BCUT2D eigenvalue weighted by Crippen LogP contribution is -2.04. The zero-order valence-electron chi connectivity index (χ0n) is 12.7. The van der Waals surface area contributed by atoms with Crippen LogP contribution in [0.2, 0.25) is 0 Å². The summed E-state index contributed by atoms with van der Waals surface area (Å²) in [4.78, 5) is 0. The van der Waals surface area contributed by atoms with E-state index >= 15 is 0 Å². The summed E-state index contributed by atoms with van der Waals surface area (Å²) in [6, 6.07) is 2.47. The fourth-order valence-corrected chi connectivity index (χ4v) is 1.72. The number of nitrogens with one attached hydrogen (secondary N) is 1. The van der Waals surface area contributed by atoms with Gasteiger partial charge in [-0.25, -0.2) is 0 Å². The molecule has 0 radical (unpaired) electrons. The molecular weight excluding hydrogens is 230 g/mol. The highest BCUT2D eigenvalue weighted by Gasteiger charge is 1.98. The molecular formula is C18H27N. The maximum absolute atomic E-state index is 5.25. The molecule has 0 aromatic heterocycles. The van der Waals surface area contributed by atoms with E-state index in [4.69, 9.17) is 6.42 Å². The average molecular weight is 257 g/mol. The van der Waals surface area contributed by atoms with Gasteiger partial charge in [0.1, 0.15) is 0 Å². The molecule has 0 aliphatic carbocycles. The van der Waals surface area contributed by atoms with Crippen molar-refractivity contribution in [2.75, 3.05) is 0 Å². The third-order valence-corrected chi connectivity index (χ3v) is 2.73. The smallest absolute Gasteiger partial charge is 0.0187 e.